The Balaban J connectivity index is 1.46. The van der Waals surface area contributed by atoms with Crippen LogP contribution in [0.1, 0.15) is 16.9 Å². The predicted octanol–water partition coefficient (Wildman–Crippen LogP) is 5.48. The quantitative estimate of drug-likeness (QED) is 0.424. The van der Waals surface area contributed by atoms with E-state index in [0.717, 1.165) is 37.2 Å². The minimum Gasteiger partial charge on any atom is -0.459 e. The molecular weight excluding hydrogens is 418 g/mol. The summed E-state index contributed by atoms with van der Waals surface area (Å²) >= 11 is 5.99. The first-order chi connectivity index (χ1) is 14.5. The summed E-state index contributed by atoms with van der Waals surface area (Å²) in [5.74, 6) is 0.921. The average Bonchev–Trinajstić information content (AvgIpc) is 3.11. The van der Waals surface area contributed by atoms with Gasteiger partial charge in [-0.3, -0.25) is 4.90 Å². The molecule has 6 heteroatoms. The lowest BCUT2D eigenvalue weighted by Crippen LogP contribution is -2.29. The Morgan fingerprint density at radius 1 is 0.933 bits per heavy atom. The maximum absolute atomic E-state index is 13.0. The summed E-state index contributed by atoms with van der Waals surface area (Å²) in [6.07, 6.45) is 0.884. The van der Waals surface area contributed by atoms with Gasteiger partial charge in [0.25, 0.3) is 0 Å². The largest absolute Gasteiger partial charge is 0.459 e. The first-order valence-corrected chi connectivity index (χ1v) is 11.7. The molecule has 0 spiro atoms. The standard InChI is InChI=1S/C24H20ClNO3S/c25-18-7-4-8-19(13-18)30(27,28)20-9-10-21-22-11-12-26(15-17-5-2-1-3-6-17)16-24(22)29-23(21)14-20/h1-10,13-14H,11-12,15-16H2. The molecule has 0 saturated heterocycles. The molecule has 1 aliphatic heterocycles. The van der Waals surface area contributed by atoms with Gasteiger partial charge in [0, 0.05) is 35.1 Å². The minimum atomic E-state index is -3.66. The number of furan rings is 1. The Hall–Kier alpha value is -2.60. The van der Waals surface area contributed by atoms with Crippen molar-refractivity contribution in [3.63, 3.8) is 0 Å². The first-order valence-electron chi connectivity index (χ1n) is 9.82. The molecule has 5 rings (SSSR count). The molecule has 4 nitrogen and oxygen atoms in total. The van der Waals surface area contributed by atoms with E-state index in [4.69, 9.17) is 16.0 Å². The van der Waals surface area contributed by atoms with Gasteiger partial charge in [0.05, 0.1) is 16.3 Å². The van der Waals surface area contributed by atoms with Crippen LogP contribution in [-0.4, -0.2) is 19.9 Å². The number of benzene rings is 3. The topological polar surface area (TPSA) is 50.5 Å². The van der Waals surface area contributed by atoms with E-state index >= 15 is 0 Å². The third-order valence-corrected chi connectivity index (χ3v) is 7.54. The third-order valence-electron chi connectivity index (χ3n) is 5.56. The van der Waals surface area contributed by atoms with Crippen LogP contribution in [0.25, 0.3) is 11.0 Å². The Morgan fingerprint density at radius 3 is 2.53 bits per heavy atom. The van der Waals surface area contributed by atoms with Crippen LogP contribution in [0.2, 0.25) is 5.02 Å². The number of nitrogens with zero attached hydrogens (tertiary/aromatic N) is 1. The first kappa shape index (κ1) is 19.4. The van der Waals surface area contributed by atoms with E-state index in [2.05, 4.69) is 17.0 Å². The number of hydrogen-bond acceptors (Lipinski definition) is 4. The fraction of sp³-hybridized carbons (Fsp3) is 0.167. The SMILES string of the molecule is O=S(=O)(c1cccc(Cl)c1)c1ccc2c3c(oc2c1)CN(Cc1ccccc1)CC3. The Labute approximate surface area is 180 Å². The Bertz CT molecular complexity index is 1330. The lowest BCUT2D eigenvalue weighted by molar-refractivity contribution is 0.223. The molecular formula is C24H20ClNO3S. The zero-order valence-electron chi connectivity index (χ0n) is 16.2. The Kier molecular flexibility index (Phi) is 4.89. The van der Waals surface area contributed by atoms with E-state index in [-0.39, 0.29) is 9.79 Å². The number of halogens is 1. The van der Waals surface area contributed by atoms with Gasteiger partial charge in [-0.25, -0.2) is 8.42 Å². The lowest BCUT2D eigenvalue weighted by Gasteiger charge is -2.25. The van der Waals surface area contributed by atoms with E-state index < -0.39 is 9.84 Å². The highest BCUT2D eigenvalue weighted by molar-refractivity contribution is 7.91. The second-order valence-electron chi connectivity index (χ2n) is 7.57. The van der Waals surface area contributed by atoms with E-state index in [9.17, 15) is 8.42 Å². The molecule has 0 atom stereocenters. The fourth-order valence-corrected chi connectivity index (χ4v) is 5.63. The number of fused-ring (bicyclic) bond motifs is 3. The van der Waals surface area contributed by atoms with Gasteiger partial charge in [-0.05, 0) is 42.3 Å². The van der Waals surface area contributed by atoms with Crippen molar-refractivity contribution in [1.29, 1.82) is 0 Å². The summed E-state index contributed by atoms with van der Waals surface area (Å²) in [6.45, 7) is 2.53. The molecule has 0 N–H and O–H groups in total. The zero-order valence-corrected chi connectivity index (χ0v) is 17.8. The molecule has 152 valence electrons. The van der Waals surface area contributed by atoms with Gasteiger partial charge in [0.1, 0.15) is 11.3 Å². The van der Waals surface area contributed by atoms with Crippen LogP contribution in [0.5, 0.6) is 0 Å². The van der Waals surface area contributed by atoms with Crippen LogP contribution in [0.15, 0.2) is 87.0 Å². The van der Waals surface area contributed by atoms with Gasteiger partial charge < -0.3 is 4.42 Å². The summed E-state index contributed by atoms with van der Waals surface area (Å²) < 4.78 is 32.2. The molecule has 2 heterocycles. The van der Waals surface area contributed by atoms with Gasteiger partial charge in [0.15, 0.2) is 0 Å². The van der Waals surface area contributed by atoms with Crippen LogP contribution in [0.3, 0.4) is 0 Å². The van der Waals surface area contributed by atoms with E-state index in [1.54, 1.807) is 30.3 Å². The number of sulfone groups is 1. The Morgan fingerprint density at radius 2 is 1.73 bits per heavy atom. The van der Waals surface area contributed by atoms with Crippen molar-refractivity contribution in [3.8, 4) is 0 Å². The molecule has 3 aromatic carbocycles. The molecule has 1 aliphatic rings. The number of rotatable bonds is 4. The van der Waals surface area contributed by atoms with Crippen LogP contribution in [0, 0.1) is 0 Å². The molecule has 0 bridgehead atoms. The van der Waals surface area contributed by atoms with Crippen LogP contribution >= 0.6 is 11.6 Å². The zero-order chi connectivity index (χ0) is 20.7. The molecule has 0 amide bonds. The fourth-order valence-electron chi connectivity index (χ4n) is 4.05. The third kappa shape index (κ3) is 3.54. The summed E-state index contributed by atoms with van der Waals surface area (Å²) in [5, 5.41) is 1.39. The van der Waals surface area contributed by atoms with Crippen molar-refractivity contribution in [2.45, 2.75) is 29.3 Å². The van der Waals surface area contributed by atoms with Crippen molar-refractivity contribution < 1.29 is 12.8 Å². The summed E-state index contributed by atoms with van der Waals surface area (Å²) in [7, 11) is -3.66. The molecule has 4 aromatic rings. The minimum absolute atomic E-state index is 0.180. The molecule has 30 heavy (non-hydrogen) atoms. The predicted molar refractivity (Wildman–Crippen MR) is 117 cm³/mol. The highest BCUT2D eigenvalue weighted by Gasteiger charge is 2.25. The van der Waals surface area contributed by atoms with Gasteiger partial charge >= 0.3 is 0 Å². The van der Waals surface area contributed by atoms with Gasteiger partial charge in [-0.15, -0.1) is 0 Å². The molecule has 0 unspecified atom stereocenters. The van der Waals surface area contributed by atoms with Gasteiger partial charge in [-0.2, -0.15) is 0 Å². The van der Waals surface area contributed by atoms with Crippen molar-refractivity contribution in [2.75, 3.05) is 6.54 Å². The van der Waals surface area contributed by atoms with E-state index in [1.807, 2.05) is 24.3 Å². The molecule has 0 radical (unpaired) electrons. The number of hydrogen-bond donors (Lipinski definition) is 0. The summed E-state index contributed by atoms with van der Waals surface area (Å²) in [4.78, 5) is 2.74. The monoisotopic (exact) mass is 437 g/mol. The average molecular weight is 438 g/mol. The molecule has 1 aromatic heterocycles. The van der Waals surface area contributed by atoms with Crippen LogP contribution in [-0.2, 0) is 29.3 Å². The summed E-state index contributed by atoms with van der Waals surface area (Å²) in [6, 6.07) is 21.8. The van der Waals surface area contributed by atoms with Crippen LogP contribution < -0.4 is 0 Å². The second kappa shape index (κ2) is 7.58. The highest BCUT2D eigenvalue weighted by Crippen LogP contribution is 2.34. The lowest BCUT2D eigenvalue weighted by atomic mass is 10.0. The maximum atomic E-state index is 13.0. The normalized spacial score (nSPS) is 14.7. The smallest absolute Gasteiger partial charge is 0.206 e. The van der Waals surface area contributed by atoms with E-state index in [1.165, 1.54) is 17.2 Å². The van der Waals surface area contributed by atoms with Crippen molar-refractivity contribution in [3.05, 3.63) is 94.7 Å². The molecule has 0 aliphatic carbocycles. The summed E-state index contributed by atoms with van der Waals surface area (Å²) in [5.41, 5.74) is 3.07. The van der Waals surface area contributed by atoms with E-state index in [0.29, 0.717) is 10.6 Å². The molecule has 0 saturated carbocycles. The molecule has 0 fully saturated rings. The van der Waals surface area contributed by atoms with Crippen molar-refractivity contribution >= 4 is 32.4 Å². The van der Waals surface area contributed by atoms with Gasteiger partial charge in [-0.1, -0.05) is 48.0 Å². The second-order valence-corrected chi connectivity index (χ2v) is 9.95. The highest BCUT2D eigenvalue weighted by atomic mass is 35.5. The van der Waals surface area contributed by atoms with Crippen molar-refractivity contribution in [2.24, 2.45) is 0 Å². The van der Waals surface area contributed by atoms with Crippen LogP contribution in [0.4, 0.5) is 0 Å². The van der Waals surface area contributed by atoms with Gasteiger partial charge in [0.2, 0.25) is 9.84 Å². The maximum Gasteiger partial charge on any atom is 0.206 e. The van der Waals surface area contributed by atoms with Crippen molar-refractivity contribution in [1.82, 2.24) is 4.90 Å².